The second kappa shape index (κ2) is 3.13. The Morgan fingerprint density at radius 2 is 1.80 bits per heavy atom. The van der Waals surface area contributed by atoms with Crippen molar-refractivity contribution in [3.63, 3.8) is 0 Å². The van der Waals surface area contributed by atoms with Gasteiger partial charge in [-0.3, -0.25) is 4.90 Å². The van der Waals surface area contributed by atoms with Gasteiger partial charge in [-0.25, -0.2) is 8.78 Å². The quantitative estimate of drug-likeness (QED) is 0.477. The standard InChI is InChI=1S/C6H10BrF2N/c7-5-10-3-1-6(8,9)2-4-10/h1-5H2. The van der Waals surface area contributed by atoms with Crippen molar-refractivity contribution in [2.24, 2.45) is 0 Å². The van der Waals surface area contributed by atoms with Crippen LogP contribution in [-0.4, -0.2) is 29.4 Å². The summed E-state index contributed by atoms with van der Waals surface area (Å²) in [6, 6.07) is 0. The van der Waals surface area contributed by atoms with E-state index in [0.717, 1.165) is 0 Å². The van der Waals surface area contributed by atoms with Gasteiger partial charge in [0, 0.05) is 25.9 Å². The van der Waals surface area contributed by atoms with E-state index in [1.54, 1.807) is 0 Å². The summed E-state index contributed by atoms with van der Waals surface area (Å²) >= 11 is 3.23. The number of alkyl halides is 3. The molecule has 10 heavy (non-hydrogen) atoms. The number of piperidine rings is 1. The van der Waals surface area contributed by atoms with E-state index in [1.807, 2.05) is 4.90 Å². The fourth-order valence-electron chi connectivity index (χ4n) is 1.000. The van der Waals surface area contributed by atoms with E-state index >= 15 is 0 Å². The molecule has 1 nitrogen and oxygen atoms in total. The first kappa shape index (κ1) is 8.40. The van der Waals surface area contributed by atoms with E-state index in [0.29, 0.717) is 18.5 Å². The van der Waals surface area contributed by atoms with Gasteiger partial charge in [-0.2, -0.15) is 0 Å². The number of hydrogen-bond acceptors (Lipinski definition) is 1. The van der Waals surface area contributed by atoms with Gasteiger partial charge < -0.3 is 0 Å². The molecule has 1 aliphatic rings. The fourth-order valence-corrected chi connectivity index (χ4v) is 1.50. The summed E-state index contributed by atoms with van der Waals surface area (Å²) in [5.41, 5.74) is 0.711. The van der Waals surface area contributed by atoms with Crippen molar-refractivity contribution in [2.75, 3.05) is 18.5 Å². The van der Waals surface area contributed by atoms with Crippen molar-refractivity contribution in [3.05, 3.63) is 0 Å². The zero-order valence-electron chi connectivity index (χ0n) is 5.62. The summed E-state index contributed by atoms with van der Waals surface area (Å²) in [5, 5.41) is 0. The molecular formula is C6H10BrF2N. The van der Waals surface area contributed by atoms with E-state index in [1.165, 1.54) is 0 Å². The summed E-state index contributed by atoms with van der Waals surface area (Å²) in [4.78, 5) is 1.97. The molecule has 60 valence electrons. The van der Waals surface area contributed by atoms with Crippen LogP contribution in [-0.2, 0) is 0 Å². The number of likely N-dealkylation sites (tertiary alicyclic amines) is 1. The summed E-state index contributed by atoms with van der Waals surface area (Å²) < 4.78 is 24.9. The molecule has 4 heteroatoms. The van der Waals surface area contributed by atoms with Crippen LogP contribution in [0.5, 0.6) is 0 Å². The minimum Gasteiger partial charge on any atom is -0.293 e. The third kappa shape index (κ3) is 2.16. The van der Waals surface area contributed by atoms with E-state index in [2.05, 4.69) is 15.9 Å². The van der Waals surface area contributed by atoms with Crippen molar-refractivity contribution in [1.29, 1.82) is 0 Å². The molecule has 0 aromatic heterocycles. The summed E-state index contributed by atoms with van der Waals surface area (Å²) in [6.07, 6.45) is 0.0250. The third-order valence-corrected chi connectivity index (χ3v) is 2.47. The highest BCUT2D eigenvalue weighted by molar-refractivity contribution is 9.09. The van der Waals surface area contributed by atoms with Gasteiger partial charge >= 0.3 is 0 Å². The molecule has 0 amide bonds. The number of halogens is 3. The molecule has 1 aliphatic heterocycles. The minimum absolute atomic E-state index is 0.0125. The molecule has 1 fully saturated rings. The van der Waals surface area contributed by atoms with Crippen LogP contribution in [0.3, 0.4) is 0 Å². The van der Waals surface area contributed by atoms with Crippen LogP contribution >= 0.6 is 15.9 Å². The zero-order chi connectivity index (χ0) is 7.61. The van der Waals surface area contributed by atoms with E-state index in [-0.39, 0.29) is 12.8 Å². The highest BCUT2D eigenvalue weighted by Gasteiger charge is 2.33. The molecule has 0 unspecified atom stereocenters. The molecule has 1 heterocycles. The van der Waals surface area contributed by atoms with E-state index in [9.17, 15) is 8.78 Å². The normalized spacial score (nSPS) is 26.7. The predicted octanol–water partition coefficient (Wildman–Crippen LogP) is 2.07. The molecule has 0 saturated carbocycles. The molecule has 0 aromatic rings. The molecule has 0 bridgehead atoms. The van der Waals surface area contributed by atoms with Crippen molar-refractivity contribution in [2.45, 2.75) is 18.8 Å². The monoisotopic (exact) mass is 213 g/mol. The maximum Gasteiger partial charge on any atom is 0.250 e. The van der Waals surface area contributed by atoms with Gasteiger partial charge in [0.2, 0.25) is 0 Å². The lowest BCUT2D eigenvalue weighted by atomic mass is 10.1. The van der Waals surface area contributed by atoms with Gasteiger partial charge in [0.1, 0.15) is 0 Å². The molecule has 0 radical (unpaired) electrons. The van der Waals surface area contributed by atoms with Crippen LogP contribution in [0.25, 0.3) is 0 Å². The van der Waals surface area contributed by atoms with Crippen molar-refractivity contribution < 1.29 is 8.78 Å². The average molecular weight is 214 g/mol. The first-order valence-corrected chi connectivity index (χ1v) is 4.42. The largest absolute Gasteiger partial charge is 0.293 e. The van der Waals surface area contributed by atoms with Gasteiger partial charge in [-0.15, -0.1) is 0 Å². The minimum atomic E-state index is -2.40. The van der Waals surface area contributed by atoms with Gasteiger partial charge in [0.05, 0.1) is 5.45 Å². The average Bonchev–Trinajstić information content (AvgIpc) is 1.88. The maximum atomic E-state index is 12.5. The molecule has 0 aliphatic carbocycles. The Balaban J connectivity index is 2.31. The lowest BCUT2D eigenvalue weighted by Gasteiger charge is -2.29. The highest BCUT2D eigenvalue weighted by Crippen LogP contribution is 2.27. The van der Waals surface area contributed by atoms with Gasteiger partial charge in [-0.1, -0.05) is 15.9 Å². The van der Waals surface area contributed by atoms with Crippen LogP contribution in [0.15, 0.2) is 0 Å². The van der Waals surface area contributed by atoms with Crippen LogP contribution in [0.2, 0.25) is 0 Å². The molecule has 0 atom stereocenters. The highest BCUT2D eigenvalue weighted by atomic mass is 79.9. The van der Waals surface area contributed by atoms with E-state index < -0.39 is 5.92 Å². The van der Waals surface area contributed by atoms with Crippen molar-refractivity contribution in [1.82, 2.24) is 4.90 Å². The van der Waals surface area contributed by atoms with Crippen LogP contribution < -0.4 is 0 Å². The topological polar surface area (TPSA) is 3.24 Å². The number of hydrogen-bond donors (Lipinski definition) is 0. The van der Waals surface area contributed by atoms with Crippen LogP contribution in [0, 0.1) is 0 Å². The molecule has 0 aromatic carbocycles. The predicted molar refractivity (Wildman–Crippen MR) is 39.5 cm³/mol. The Bertz CT molecular complexity index is 108. The Hall–Kier alpha value is 0.300. The van der Waals surface area contributed by atoms with Gasteiger partial charge in [-0.05, 0) is 0 Å². The SMILES string of the molecule is FC1(F)CCN(CBr)CC1. The van der Waals surface area contributed by atoms with Crippen LogP contribution in [0.4, 0.5) is 8.78 Å². The lowest BCUT2D eigenvalue weighted by molar-refractivity contribution is -0.0513. The third-order valence-electron chi connectivity index (χ3n) is 1.76. The molecule has 1 rings (SSSR count). The number of nitrogens with zero attached hydrogens (tertiary/aromatic N) is 1. The van der Waals surface area contributed by atoms with E-state index in [4.69, 9.17) is 0 Å². The summed E-state index contributed by atoms with van der Waals surface area (Å²) in [7, 11) is 0. The van der Waals surface area contributed by atoms with Gasteiger partial charge in [0.25, 0.3) is 5.92 Å². The first-order chi connectivity index (χ1) is 4.64. The summed E-state index contributed by atoms with van der Waals surface area (Å²) in [5.74, 6) is -2.40. The second-order valence-corrected chi connectivity index (χ2v) is 3.10. The lowest BCUT2D eigenvalue weighted by Crippen LogP contribution is -2.38. The smallest absolute Gasteiger partial charge is 0.250 e. The fraction of sp³-hybridized carbons (Fsp3) is 1.00. The Morgan fingerprint density at radius 1 is 1.30 bits per heavy atom. The molecule has 0 spiro atoms. The summed E-state index contributed by atoms with van der Waals surface area (Å²) in [6.45, 7) is 1.02. The zero-order valence-corrected chi connectivity index (χ0v) is 7.20. The molecule has 1 saturated heterocycles. The Kier molecular flexibility index (Phi) is 2.63. The Morgan fingerprint density at radius 3 is 2.20 bits per heavy atom. The number of rotatable bonds is 1. The van der Waals surface area contributed by atoms with Crippen LogP contribution in [0.1, 0.15) is 12.8 Å². The molecular weight excluding hydrogens is 204 g/mol. The van der Waals surface area contributed by atoms with Crippen molar-refractivity contribution in [3.8, 4) is 0 Å². The first-order valence-electron chi connectivity index (χ1n) is 3.30. The van der Waals surface area contributed by atoms with Gasteiger partial charge in [0.15, 0.2) is 0 Å². The second-order valence-electron chi connectivity index (χ2n) is 2.59. The Labute approximate surface area is 67.5 Å². The maximum absolute atomic E-state index is 12.5. The molecule has 0 N–H and O–H groups in total. The van der Waals surface area contributed by atoms with Crippen molar-refractivity contribution >= 4 is 15.9 Å².